The highest BCUT2D eigenvalue weighted by atomic mass is 19.4. The predicted octanol–water partition coefficient (Wildman–Crippen LogP) is 7.93. The number of nitrogens with zero attached hydrogens (tertiary/aromatic N) is 1. The topological polar surface area (TPSA) is 23.5 Å². The molecule has 0 spiro atoms. The molecule has 1 aliphatic carbocycles. The van der Waals surface area contributed by atoms with Crippen LogP contribution in [0, 0.1) is 17.8 Å². The Hall–Kier alpha value is -2.22. The van der Waals surface area contributed by atoms with Gasteiger partial charge in [0.15, 0.2) is 0 Å². The first-order chi connectivity index (χ1) is 15.8. The van der Waals surface area contributed by atoms with Crippen LogP contribution in [-0.2, 0) is 18.9 Å². The molecule has 2 aliphatic rings. The van der Waals surface area contributed by atoms with Crippen molar-refractivity contribution >= 4 is 0 Å². The third-order valence-electron chi connectivity index (χ3n) is 6.83. The second kappa shape index (κ2) is 10.2. The van der Waals surface area contributed by atoms with Crippen molar-refractivity contribution in [1.82, 2.24) is 4.90 Å². The van der Waals surface area contributed by atoms with E-state index in [0.717, 1.165) is 0 Å². The van der Waals surface area contributed by atoms with Crippen LogP contribution >= 0.6 is 0 Å². The normalized spacial score (nSPS) is 24.4. The van der Waals surface area contributed by atoms with Gasteiger partial charge in [-0.2, -0.15) is 26.3 Å². The van der Waals surface area contributed by atoms with E-state index in [9.17, 15) is 31.4 Å². The molecule has 2 nitrogen and oxygen atoms in total. The van der Waals surface area contributed by atoms with E-state index in [0.29, 0.717) is 56.3 Å². The van der Waals surface area contributed by atoms with Gasteiger partial charge < -0.3 is 5.11 Å². The molecule has 1 aliphatic heterocycles. The van der Waals surface area contributed by atoms with Crippen LogP contribution in [-0.4, -0.2) is 22.6 Å². The zero-order valence-corrected chi connectivity index (χ0v) is 19.4. The number of aliphatic hydroxyl groups excluding tert-OH is 1. The van der Waals surface area contributed by atoms with Crippen molar-refractivity contribution in [3.05, 3.63) is 71.0 Å². The van der Waals surface area contributed by atoms with Gasteiger partial charge in [-0.25, -0.2) is 0 Å². The molecule has 3 atom stereocenters. The van der Waals surface area contributed by atoms with E-state index in [1.807, 2.05) is 11.0 Å². The van der Waals surface area contributed by atoms with Crippen molar-refractivity contribution in [1.29, 1.82) is 0 Å². The van der Waals surface area contributed by atoms with E-state index in [1.165, 1.54) is 5.57 Å². The highest BCUT2D eigenvalue weighted by Gasteiger charge is 2.39. The van der Waals surface area contributed by atoms with Crippen LogP contribution in [0.25, 0.3) is 0 Å². The summed E-state index contributed by atoms with van der Waals surface area (Å²) < 4.78 is 80.8. The van der Waals surface area contributed by atoms with Gasteiger partial charge in [0.1, 0.15) is 0 Å². The number of aliphatic hydroxyl groups is 1. The molecule has 1 aromatic rings. The van der Waals surface area contributed by atoms with Gasteiger partial charge in [0.05, 0.1) is 16.9 Å². The molecule has 1 fully saturated rings. The number of hydrogen-bond acceptors (Lipinski definition) is 2. The SMILES string of the molecule is C=C(O)C[C@H]1CCN(Cc2cc(C(F)(F)F)ccc2C(F)(F)F)[C@@H](C2C=CC(C(C)C)=CC2)C1. The molecule has 0 bridgehead atoms. The molecule has 1 N–H and O–H groups in total. The lowest BCUT2D eigenvalue weighted by molar-refractivity contribution is -0.142. The predicted molar refractivity (Wildman–Crippen MR) is 120 cm³/mol. The average Bonchev–Trinajstić information content (AvgIpc) is 2.73. The fourth-order valence-corrected chi connectivity index (χ4v) is 5.05. The van der Waals surface area contributed by atoms with E-state index in [4.69, 9.17) is 0 Å². The molecule has 1 heterocycles. The van der Waals surface area contributed by atoms with E-state index in [2.05, 4.69) is 32.6 Å². The summed E-state index contributed by atoms with van der Waals surface area (Å²) in [5, 5.41) is 9.67. The molecule has 1 unspecified atom stereocenters. The largest absolute Gasteiger partial charge is 0.513 e. The minimum Gasteiger partial charge on any atom is -0.513 e. The summed E-state index contributed by atoms with van der Waals surface area (Å²) in [6.07, 6.45) is -0.861. The number of benzene rings is 1. The van der Waals surface area contributed by atoms with Crippen LogP contribution in [0.1, 0.15) is 56.2 Å². The Morgan fingerprint density at radius 3 is 2.38 bits per heavy atom. The monoisotopic (exact) mass is 487 g/mol. The minimum atomic E-state index is -4.75. The summed E-state index contributed by atoms with van der Waals surface area (Å²) in [7, 11) is 0. The Labute approximate surface area is 196 Å². The molecule has 1 aromatic carbocycles. The molecule has 188 valence electrons. The van der Waals surface area contributed by atoms with Crippen molar-refractivity contribution in [3.63, 3.8) is 0 Å². The molecular weight excluding hydrogens is 456 g/mol. The Bertz CT molecular complexity index is 944. The zero-order chi connectivity index (χ0) is 25.3. The molecule has 0 amide bonds. The number of likely N-dealkylation sites (tertiary alicyclic amines) is 1. The standard InChI is InChI=1S/C26H31F6NO/c1-16(2)19-4-6-20(7-5-19)24-13-18(12-17(3)34)10-11-33(24)15-21-14-22(25(27,28)29)8-9-23(21)26(30,31)32/h4-6,8-9,14,16,18,20,24,34H,3,7,10-13,15H2,1-2H3/t18-,20?,24-/m1/s1. The Balaban J connectivity index is 1.92. The average molecular weight is 488 g/mol. The third-order valence-corrected chi connectivity index (χ3v) is 6.83. The van der Waals surface area contributed by atoms with Crippen molar-refractivity contribution in [2.24, 2.45) is 17.8 Å². The van der Waals surface area contributed by atoms with Gasteiger partial charge >= 0.3 is 12.4 Å². The van der Waals surface area contributed by atoms with Crippen molar-refractivity contribution in [2.45, 2.75) is 64.5 Å². The summed E-state index contributed by atoms with van der Waals surface area (Å²) in [5.41, 5.74) is -1.29. The highest BCUT2D eigenvalue weighted by molar-refractivity contribution is 5.36. The zero-order valence-electron chi connectivity index (χ0n) is 19.4. The molecule has 34 heavy (non-hydrogen) atoms. The summed E-state index contributed by atoms with van der Waals surface area (Å²) in [5.74, 6) is 0.559. The number of alkyl halides is 6. The van der Waals surface area contributed by atoms with Crippen molar-refractivity contribution in [2.75, 3.05) is 6.54 Å². The first-order valence-corrected chi connectivity index (χ1v) is 11.5. The van der Waals surface area contributed by atoms with Crippen LogP contribution in [0.5, 0.6) is 0 Å². The molecule has 1 saturated heterocycles. The number of halogens is 6. The highest BCUT2D eigenvalue weighted by Crippen LogP contribution is 2.40. The van der Waals surface area contributed by atoms with Crippen LogP contribution in [0.15, 0.2) is 54.3 Å². The maximum Gasteiger partial charge on any atom is 0.416 e. The minimum absolute atomic E-state index is 0.0254. The van der Waals surface area contributed by atoms with Gasteiger partial charge in [-0.3, -0.25) is 4.90 Å². The first-order valence-electron chi connectivity index (χ1n) is 11.5. The summed E-state index contributed by atoms with van der Waals surface area (Å²) >= 11 is 0. The molecule has 0 aromatic heterocycles. The lowest BCUT2D eigenvalue weighted by atomic mass is 9.78. The van der Waals surface area contributed by atoms with E-state index >= 15 is 0 Å². The van der Waals surface area contributed by atoms with Gasteiger partial charge in [0.2, 0.25) is 0 Å². The Morgan fingerprint density at radius 1 is 1.15 bits per heavy atom. The Morgan fingerprint density at radius 2 is 1.85 bits per heavy atom. The third kappa shape index (κ3) is 6.46. The van der Waals surface area contributed by atoms with Gasteiger partial charge in [-0.1, -0.05) is 38.7 Å². The summed E-state index contributed by atoms with van der Waals surface area (Å²) in [4.78, 5) is 1.88. The summed E-state index contributed by atoms with van der Waals surface area (Å²) in [6.45, 7) is 7.94. The van der Waals surface area contributed by atoms with E-state index < -0.39 is 23.5 Å². The van der Waals surface area contributed by atoms with Crippen LogP contribution < -0.4 is 0 Å². The maximum atomic E-state index is 13.7. The summed E-state index contributed by atoms with van der Waals surface area (Å²) in [6, 6.07) is 1.50. The van der Waals surface area contributed by atoms with Crippen LogP contribution in [0.2, 0.25) is 0 Å². The maximum absolute atomic E-state index is 13.7. The fourth-order valence-electron chi connectivity index (χ4n) is 5.05. The quantitative estimate of drug-likeness (QED) is 0.325. The smallest absolute Gasteiger partial charge is 0.416 e. The van der Waals surface area contributed by atoms with Gasteiger partial charge in [0, 0.05) is 19.0 Å². The van der Waals surface area contributed by atoms with Crippen molar-refractivity contribution < 1.29 is 31.4 Å². The second-order valence-electron chi connectivity index (χ2n) is 9.68. The first kappa shape index (κ1) is 26.4. The Kier molecular flexibility index (Phi) is 7.90. The van der Waals surface area contributed by atoms with Crippen LogP contribution in [0.3, 0.4) is 0 Å². The number of piperidine rings is 1. The van der Waals surface area contributed by atoms with Gasteiger partial charge in [0.25, 0.3) is 0 Å². The van der Waals surface area contributed by atoms with E-state index in [-0.39, 0.29) is 35.7 Å². The molecule has 3 rings (SSSR count). The van der Waals surface area contributed by atoms with Crippen molar-refractivity contribution in [3.8, 4) is 0 Å². The fraction of sp³-hybridized carbons (Fsp3) is 0.538. The van der Waals surface area contributed by atoms with Crippen LogP contribution in [0.4, 0.5) is 26.3 Å². The molecule has 8 heteroatoms. The van der Waals surface area contributed by atoms with E-state index in [1.54, 1.807) is 0 Å². The lowest BCUT2D eigenvalue weighted by Crippen LogP contribution is -2.46. The molecular formula is C26H31F6NO. The second-order valence-corrected chi connectivity index (χ2v) is 9.68. The number of hydrogen-bond donors (Lipinski definition) is 1. The molecule has 0 saturated carbocycles. The van der Waals surface area contributed by atoms with Gasteiger partial charge in [-0.15, -0.1) is 0 Å². The number of allylic oxidation sites excluding steroid dienone is 4. The lowest BCUT2D eigenvalue weighted by Gasteiger charge is -2.43. The molecule has 0 radical (unpaired) electrons. The van der Waals surface area contributed by atoms with Gasteiger partial charge in [-0.05, 0) is 72.9 Å². The number of rotatable bonds is 6.